The van der Waals surface area contributed by atoms with Gasteiger partial charge in [0.1, 0.15) is 0 Å². The zero-order valence-corrected chi connectivity index (χ0v) is 15.0. The third kappa shape index (κ3) is 7.43. The molecule has 0 spiro atoms. The molecular weight excluding hydrogens is 295 g/mol. The minimum Gasteiger partial charge on any atom is -0.748 e. The summed E-state index contributed by atoms with van der Waals surface area (Å²) in [6.07, 6.45) is 0.365. The molecule has 2 N–H and O–H groups in total. The minimum absolute atomic E-state index is 0. The van der Waals surface area contributed by atoms with Gasteiger partial charge in [0.2, 0.25) is 0 Å². The fraction of sp³-hybridized carbons (Fsp3) is 0.455. The van der Waals surface area contributed by atoms with E-state index in [9.17, 15) is 13.0 Å². The van der Waals surface area contributed by atoms with Crippen molar-refractivity contribution in [2.24, 2.45) is 0 Å². The Morgan fingerprint density at radius 2 is 1.95 bits per heavy atom. The van der Waals surface area contributed by atoms with Crippen LogP contribution < -0.4 is 40.2 Å². The topological polar surface area (TPSA) is 81.3 Å². The van der Waals surface area contributed by atoms with Gasteiger partial charge in [-0.05, 0) is 30.4 Å². The first-order valence-electron chi connectivity index (χ1n) is 5.52. The van der Waals surface area contributed by atoms with Gasteiger partial charge in [-0.25, -0.2) is 8.42 Å². The third-order valence-corrected chi connectivity index (χ3v) is 4.27. The molecule has 0 aliphatic heterocycles. The molecule has 0 heterocycles. The summed E-state index contributed by atoms with van der Waals surface area (Å²) in [6.45, 7) is 0. The van der Waals surface area contributed by atoms with Crippen molar-refractivity contribution >= 4 is 33.3 Å². The first kappa shape index (κ1) is 19.1. The molecule has 0 unspecified atom stereocenters. The van der Waals surface area contributed by atoms with Crippen LogP contribution in [0, 0.1) is 0 Å². The Hall–Kier alpha value is 0.0800. The molecular formula is C11H17N2NaO3S2. The van der Waals surface area contributed by atoms with E-state index < -0.39 is 10.1 Å². The van der Waals surface area contributed by atoms with Gasteiger partial charge in [-0.3, -0.25) is 0 Å². The largest absolute Gasteiger partial charge is 1.00 e. The second-order valence-electron chi connectivity index (χ2n) is 3.67. The van der Waals surface area contributed by atoms with Gasteiger partial charge in [-0.2, -0.15) is 0 Å². The Morgan fingerprint density at radius 3 is 2.47 bits per heavy atom. The van der Waals surface area contributed by atoms with Crippen molar-refractivity contribution < 1.29 is 42.5 Å². The first-order valence-corrected chi connectivity index (χ1v) is 8.08. The van der Waals surface area contributed by atoms with Crippen molar-refractivity contribution in [3.05, 3.63) is 18.2 Å². The van der Waals surface area contributed by atoms with Gasteiger partial charge in [0.05, 0.1) is 10.1 Å². The number of hydrogen-bond donors (Lipinski definition) is 2. The van der Waals surface area contributed by atoms with Crippen LogP contribution in [0.15, 0.2) is 23.1 Å². The maximum absolute atomic E-state index is 10.5. The summed E-state index contributed by atoms with van der Waals surface area (Å²) < 4.78 is 31.4. The molecule has 1 aromatic carbocycles. The van der Waals surface area contributed by atoms with Gasteiger partial charge in [0.25, 0.3) is 0 Å². The zero-order chi connectivity index (χ0) is 13.6. The van der Waals surface area contributed by atoms with Crippen LogP contribution in [0.1, 0.15) is 6.42 Å². The SMILES string of the molecule is CNc1ccc(NC)c(SCCCS(=O)(=O)[O-])c1.[Na+]. The Kier molecular flexibility index (Phi) is 9.13. The van der Waals surface area contributed by atoms with Crippen LogP contribution in [0.5, 0.6) is 0 Å². The van der Waals surface area contributed by atoms with E-state index in [-0.39, 0.29) is 35.3 Å². The minimum atomic E-state index is -4.10. The Labute approximate surface area is 141 Å². The molecule has 0 bridgehead atoms. The molecule has 0 aliphatic rings. The predicted octanol–water partition coefficient (Wildman–Crippen LogP) is -1.20. The molecule has 19 heavy (non-hydrogen) atoms. The number of thioether (sulfide) groups is 1. The van der Waals surface area contributed by atoms with Crippen LogP contribution >= 0.6 is 11.8 Å². The van der Waals surface area contributed by atoms with E-state index in [0.717, 1.165) is 16.3 Å². The monoisotopic (exact) mass is 312 g/mol. The van der Waals surface area contributed by atoms with E-state index >= 15 is 0 Å². The van der Waals surface area contributed by atoms with Crippen molar-refractivity contribution in [3.8, 4) is 0 Å². The number of nitrogens with one attached hydrogen (secondary N) is 2. The summed E-state index contributed by atoms with van der Waals surface area (Å²) in [7, 11) is -0.424. The third-order valence-electron chi connectivity index (χ3n) is 2.34. The van der Waals surface area contributed by atoms with E-state index in [1.165, 1.54) is 11.8 Å². The molecule has 0 amide bonds. The Morgan fingerprint density at radius 1 is 1.26 bits per heavy atom. The van der Waals surface area contributed by atoms with Crippen LogP contribution in [-0.4, -0.2) is 38.6 Å². The fourth-order valence-corrected chi connectivity index (χ4v) is 3.15. The first-order chi connectivity index (χ1) is 8.46. The molecule has 0 atom stereocenters. The molecule has 1 rings (SSSR count). The van der Waals surface area contributed by atoms with E-state index in [1.807, 2.05) is 32.3 Å². The number of rotatable bonds is 7. The Bertz CT molecular complexity index is 495. The number of hydrogen-bond acceptors (Lipinski definition) is 6. The number of anilines is 2. The summed E-state index contributed by atoms with van der Waals surface area (Å²) in [4.78, 5) is 1.03. The molecule has 0 saturated carbocycles. The maximum Gasteiger partial charge on any atom is 1.00 e. The molecule has 0 aliphatic carbocycles. The van der Waals surface area contributed by atoms with Gasteiger partial charge in [-0.15, -0.1) is 11.8 Å². The summed E-state index contributed by atoms with van der Waals surface area (Å²) in [5.41, 5.74) is 1.98. The van der Waals surface area contributed by atoms with Crippen LogP contribution in [-0.2, 0) is 10.1 Å². The Balaban J connectivity index is 0.00000324. The van der Waals surface area contributed by atoms with E-state index in [2.05, 4.69) is 10.6 Å². The summed E-state index contributed by atoms with van der Waals surface area (Å²) in [5.74, 6) is 0.296. The van der Waals surface area contributed by atoms with E-state index in [0.29, 0.717) is 12.2 Å². The molecule has 0 saturated heterocycles. The molecule has 0 radical (unpaired) electrons. The smallest absolute Gasteiger partial charge is 0.748 e. The zero-order valence-electron chi connectivity index (χ0n) is 11.4. The number of benzene rings is 1. The van der Waals surface area contributed by atoms with Crippen molar-refractivity contribution in [1.29, 1.82) is 0 Å². The molecule has 0 aromatic heterocycles. The van der Waals surface area contributed by atoms with Crippen molar-refractivity contribution in [1.82, 2.24) is 0 Å². The molecule has 5 nitrogen and oxygen atoms in total. The van der Waals surface area contributed by atoms with Crippen LogP contribution in [0.4, 0.5) is 11.4 Å². The van der Waals surface area contributed by atoms with Crippen molar-refractivity contribution in [2.45, 2.75) is 11.3 Å². The van der Waals surface area contributed by atoms with Crippen LogP contribution in [0.3, 0.4) is 0 Å². The molecule has 1 aromatic rings. The molecule has 8 heteroatoms. The van der Waals surface area contributed by atoms with E-state index in [1.54, 1.807) is 0 Å². The quantitative estimate of drug-likeness (QED) is 0.285. The normalized spacial score (nSPS) is 10.7. The second-order valence-corrected chi connectivity index (χ2v) is 6.34. The summed E-state index contributed by atoms with van der Waals surface area (Å²) >= 11 is 1.54. The van der Waals surface area contributed by atoms with Gasteiger partial charge < -0.3 is 15.2 Å². The average molecular weight is 312 g/mol. The standard InChI is InChI=1S/C11H18N2O3S2.Na/c1-12-9-4-5-10(13-2)11(8-9)17-6-3-7-18(14,15)16;/h4-5,8,12-13H,3,6-7H2,1-2H3,(H,14,15,16);/q;+1/p-1. The van der Waals surface area contributed by atoms with Gasteiger partial charge in [0, 0.05) is 36.1 Å². The van der Waals surface area contributed by atoms with Crippen LogP contribution in [0.25, 0.3) is 0 Å². The summed E-state index contributed by atoms with van der Waals surface area (Å²) in [6, 6.07) is 5.90. The fourth-order valence-electron chi connectivity index (χ4n) is 1.42. The summed E-state index contributed by atoms with van der Waals surface area (Å²) in [5, 5.41) is 6.12. The second kappa shape index (κ2) is 9.10. The molecule has 102 valence electrons. The molecule has 0 fully saturated rings. The average Bonchev–Trinajstić information content (AvgIpc) is 2.33. The van der Waals surface area contributed by atoms with Crippen molar-refractivity contribution in [2.75, 3.05) is 36.2 Å². The van der Waals surface area contributed by atoms with E-state index in [4.69, 9.17) is 0 Å². The van der Waals surface area contributed by atoms with Crippen molar-refractivity contribution in [3.63, 3.8) is 0 Å². The van der Waals surface area contributed by atoms with Gasteiger partial charge in [0.15, 0.2) is 0 Å². The van der Waals surface area contributed by atoms with Gasteiger partial charge >= 0.3 is 29.6 Å². The predicted molar refractivity (Wildman–Crippen MR) is 75.4 cm³/mol. The van der Waals surface area contributed by atoms with Crippen LogP contribution in [0.2, 0.25) is 0 Å². The van der Waals surface area contributed by atoms with Gasteiger partial charge in [-0.1, -0.05) is 0 Å². The maximum atomic E-state index is 10.5.